The fraction of sp³-hybridized carbons (Fsp3) is 0.350. The Bertz CT molecular complexity index is 1090. The molecule has 2 aliphatic rings. The lowest BCUT2D eigenvalue weighted by molar-refractivity contribution is -0.150. The average Bonchev–Trinajstić information content (AvgIpc) is 3.12. The first-order valence-electron chi connectivity index (χ1n) is 9.44. The van der Waals surface area contributed by atoms with E-state index in [-0.39, 0.29) is 17.5 Å². The third-order valence-corrected chi connectivity index (χ3v) is 6.91. The number of aliphatic carboxylic acids is 1. The summed E-state index contributed by atoms with van der Waals surface area (Å²) < 4.78 is 28.6. The third-order valence-electron chi connectivity index (χ3n) is 5.48. The number of sulfonamides is 1. The van der Waals surface area contributed by atoms with Crippen LogP contribution in [0.15, 0.2) is 53.7 Å². The summed E-state index contributed by atoms with van der Waals surface area (Å²) in [6.07, 6.45) is 6.73. The van der Waals surface area contributed by atoms with Crippen molar-refractivity contribution in [2.45, 2.75) is 48.8 Å². The smallest absolute Gasteiger partial charge is 0.326 e. The number of nitrogens with zero attached hydrogens (tertiary/aromatic N) is 2. The molecule has 1 aromatic heterocycles. The van der Waals surface area contributed by atoms with Crippen molar-refractivity contribution in [3.8, 4) is 0 Å². The second-order valence-electron chi connectivity index (χ2n) is 7.28. The van der Waals surface area contributed by atoms with Crippen molar-refractivity contribution >= 4 is 32.7 Å². The van der Waals surface area contributed by atoms with Crippen LogP contribution < -0.4 is 4.72 Å². The molecular formula is C20H21N3O5S. The number of carboxylic acid groups (broad SMARTS) is 1. The summed E-state index contributed by atoms with van der Waals surface area (Å²) in [7, 11) is -4.10. The van der Waals surface area contributed by atoms with Crippen LogP contribution in [0.3, 0.4) is 0 Å². The molecule has 1 aromatic carbocycles. The maximum Gasteiger partial charge on any atom is 0.326 e. The van der Waals surface area contributed by atoms with Crippen molar-refractivity contribution in [2.75, 3.05) is 0 Å². The first-order valence-corrected chi connectivity index (χ1v) is 10.9. The number of nitrogens with one attached hydrogen (secondary N) is 1. The molecule has 0 bridgehead atoms. The molecule has 8 nitrogen and oxygen atoms in total. The van der Waals surface area contributed by atoms with Crippen molar-refractivity contribution in [1.29, 1.82) is 0 Å². The standard InChI is InChI=1S/C20H21N3O5S/c24-19-16(8-4-2-6-14-9-10-17(20(25)26)23(14)19)22-29(27,28)18-15-7-3-1-5-13(15)11-12-21-18/h1-5,7,11-12,14,16-17,22H,6,8-10H2,(H,25,26). The molecule has 3 unspecified atom stereocenters. The lowest BCUT2D eigenvalue weighted by Crippen LogP contribution is -2.54. The highest BCUT2D eigenvalue weighted by Gasteiger charge is 2.44. The van der Waals surface area contributed by atoms with E-state index in [4.69, 9.17) is 0 Å². The zero-order valence-electron chi connectivity index (χ0n) is 15.6. The maximum absolute atomic E-state index is 13.1. The molecule has 1 amide bonds. The van der Waals surface area contributed by atoms with Gasteiger partial charge < -0.3 is 10.0 Å². The van der Waals surface area contributed by atoms with Gasteiger partial charge in [-0.15, -0.1) is 0 Å². The molecule has 0 radical (unpaired) electrons. The second kappa shape index (κ2) is 7.57. The molecule has 0 aliphatic carbocycles. The number of pyridine rings is 1. The van der Waals surface area contributed by atoms with Crippen LogP contribution in [0.25, 0.3) is 10.8 Å². The molecule has 1 fully saturated rings. The number of benzene rings is 1. The second-order valence-corrected chi connectivity index (χ2v) is 8.91. The number of carboxylic acids is 1. The minimum absolute atomic E-state index is 0.151. The van der Waals surface area contributed by atoms with E-state index in [0.29, 0.717) is 24.6 Å². The molecule has 3 heterocycles. The molecular weight excluding hydrogens is 394 g/mol. The Morgan fingerprint density at radius 1 is 1.14 bits per heavy atom. The van der Waals surface area contributed by atoms with Gasteiger partial charge in [-0.25, -0.2) is 18.2 Å². The number of hydrogen-bond acceptors (Lipinski definition) is 5. The highest BCUT2D eigenvalue weighted by atomic mass is 32.2. The topological polar surface area (TPSA) is 117 Å². The van der Waals surface area contributed by atoms with Gasteiger partial charge in [-0.3, -0.25) is 4.79 Å². The van der Waals surface area contributed by atoms with E-state index in [1.165, 1.54) is 11.1 Å². The Balaban J connectivity index is 1.68. The van der Waals surface area contributed by atoms with Crippen LogP contribution >= 0.6 is 0 Å². The minimum atomic E-state index is -4.10. The van der Waals surface area contributed by atoms with Crippen molar-refractivity contribution < 1.29 is 23.1 Å². The van der Waals surface area contributed by atoms with Gasteiger partial charge in [0.25, 0.3) is 10.0 Å². The molecule has 2 aromatic rings. The summed E-state index contributed by atoms with van der Waals surface area (Å²) in [5.74, 6) is -1.57. The van der Waals surface area contributed by atoms with Gasteiger partial charge in [0.05, 0.1) is 0 Å². The number of carbonyl (C=O) groups is 2. The van der Waals surface area contributed by atoms with Gasteiger partial charge in [-0.2, -0.15) is 4.72 Å². The number of hydrogen-bond donors (Lipinski definition) is 2. The van der Waals surface area contributed by atoms with Gasteiger partial charge in [0.2, 0.25) is 5.91 Å². The zero-order chi connectivity index (χ0) is 20.6. The Morgan fingerprint density at radius 3 is 2.69 bits per heavy atom. The minimum Gasteiger partial charge on any atom is -0.480 e. The van der Waals surface area contributed by atoms with Crippen LogP contribution in [-0.2, 0) is 19.6 Å². The molecule has 9 heteroatoms. The Kier molecular flexibility index (Phi) is 5.10. The largest absolute Gasteiger partial charge is 0.480 e. The SMILES string of the molecule is O=C(O)C1CCC2CC=CCC(NS(=O)(=O)c3nccc4ccccc34)C(=O)N21. The predicted molar refractivity (Wildman–Crippen MR) is 106 cm³/mol. The summed E-state index contributed by atoms with van der Waals surface area (Å²) in [6.45, 7) is 0. The lowest BCUT2D eigenvalue weighted by atomic mass is 10.1. The Labute approximate surface area is 168 Å². The molecule has 29 heavy (non-hydrogen) atoms. The molecule has 2 N–H and O–H groups in total. The summed E-state index contributed by atoms with van der Waals surface area (Å²) >= 11 is 0. The van der Waals surface area contributed by atoms with Gasteiger partial charge in [0.15, 0.2) is 5.03 Å². The summed E-state index contributed by atoms with van der Waals surface area (Å²) in [6, 6.07) is 6.43. The van der Waals surface area contributed by atoms with E-state index in [1.807, 2.05) is 6.08 Å². The van der Waals surface area contributed by atoms with E-state index in [1.54, 1.807) is 36.4 Å². The average molecular weight is 415 g/mol. The molecule has 3 atom stereocenters. The van der Waals surface area contributed by atoms with Crippen molar-refractivity contribution in [3.05, 3.63) is 48.7 Å². The highest BCUT2D eigenvalue weighted by Crippen LogP contribution is 2.30. The van der Waals surface area contributed by atoms with E-state index in [9.17, 15) is 23.1 Å². The van der Waals surface area contributed by atoms with Gasteiger partial charge in [-0.1, -0.05) is 36.4 Å². The molecule has 2 aliphatic heterocycles. The van der Waals surface area contributed by atoms with Crippen LogP contribution in [0, 0.1) is 0 Å². The fourth-order valence-corrected chi connectivity index (χ4v) is 5.46. The van der Waals surface area contributed by atoms with Gasteiger partial charge in [0, 0.05) is 17.6 Å². The third kappa shape index (κ3) is 3.63. The zero-order valence-corrected chi connectivity index (χ0v) is 16.4. The van der Waals surface area contributed by atoms with Crippen LogP contribution in [0.1, 0.15) is 25.7 Å². The summed E-state index contributed by atoms with van der Waals surface area (Å²) in [4.78, 5) is 30.1. The van der Waals surface area contributed by atoms with E-state index < -0.39 is 34.0 Å². The predicted octanol–water partition coefficient (Wildman–Crippen LogP) is 1.68. The highest BCUT2D eigenvalue weighted by molar-refractivity contribution is 7.89. The van der Waals surface area contributed by atoms with Crippen LogP contribution in [0.4, 0.5) is 0 Å². The molecule has 0 spiro atoms. The lowest BCUT2D eigenvalue weighted by Gasteiger charge is -2.32. The molecule has 4 rings (SSSR count). The summed E-state index contributed by atoms with van der Waals surface area (Å²) in [5, 5.41) is 10.5. The first-order chi connectivity index (χ1) is 13.9. The van der Waals surface area contributed by atoms with Crippen LogP contribution in [0.2, 0.25) is 0 Å². The normalized spacial score (nSPS) is 24.9. The molecule has 152 valence electrons. The van der Waals surface area contributed by atoms with Crippen molar-refractivity contribution in [2.24, 2.45) is 0 Å². The maximum atomic E-state index is 13.1. The monoisotopic (exact) mass is 415 g/mol. The number of rotatable bonds is 4. The van der Waals surface area contributed by atoms with E-state index in [2.05, 4.69) is 9.71 Å². The van der Waals surface area contributed by atoms with Crippen LogP contribution in [0.5, 0.6) is 0 Å². The number of aromatic nitrogens is 1. The van der Waals surface area contributed by atoms with E-state index in [0.717, 1.165) is 5.39 Å². The molecule has 1 saturated heterocycles. The Morgan fingerprint density at radius 2 is 1.90 bits per heavy atom. The van der Waals surface area contributed by atoms with Gasteiger partial charge >= 0.3 is 5.97 Å². The van der Waals surface area contributed by atoms with Gasteiger partial charge in [-0.05, 0) is 37.1 Å². The van der Waals surface area contributed by atoms with Crippen molar-refractivity contribution in [3.63, 3.8) is 0 Å². The van der Waals surface area contributed by atoms with Crippen molar-refractivity contribution in [1.82, 2.24) is 14.6 Å². The van der Waals surface area contributed by atoms with E-state index >= 15 is 0 Å². The Hall–Kier alpha value is -2.78. The number of fused-ring (bicyclic) bond motifs is 2. The summed E-state index contributed by atoms with van der Waals surface area (Å²) in [5.41, 5.74) is 0. The first kappa shape index (κ1) is 19.5. The van der Waals surface area contributed by atoms with Gasteiger partial charge in [0.1, 0.15) is 12.1 Å². The fourth-order valence-electron chi connectivity index (χ4n) is 4.10. The number of carbonyl (C=O) groups excluding carboxylic acids is 1. The number of amides is 1. The van der Waals surface area contributed by atoms with Crippen LogP contribution in [-0.4, -0.2) is 53.4 Å². The molecule has 0 saturated carbocycles. The quantitative estimate of drug-likeness (QED) is 0.734.